The minimum atomic E-state index is -4.26. The van der Waals surface area contributed by atoms with Crippen LogP contribution >= 0.6 is 23.2 Å². The van der Waals surface area contributed by atoms with Crippen LogP contribution in [0.4, 0.5) is 5.69 Å². The third-order valence-electron chi connectivity index (χ3n) is 6.99. The number of anilines is 1. The lowest BCUT2D eigenvalue weighted by Gasteiger charge is -2.34. The Balaban J connectivity index is 1.82. The molecule has 0 aliphatic heterocycles. The van der Waals surface area contributed by atoms with Crippen molar-refractivity contribution < 1.29 is 22.7 Å². The molecule has 45 heavy (non-hydrogen) atoms. The van der Waals surface area contributed by atoms with E-state index in [0.29, 0.717) is 11.3 Å². The first-order valence-electron chi connectivity index (χ1n) is 14.3. The average Bonchev–Trinajstić information content (AvgIpc) is 3.03. The van der Waals surface area contributed by atoms with Crippen LogP contribution in [0.3, 0.4) is 0 Å². The molecule has 0 radical (unpaired) electrons. The lowest BCUT2D eigenvalue weighted by atomic mass is 10.0. The summed E-state index contributed by atoms with van der Waals surface area (Å²) in [6.45, 7) is 3.08. The minimum absolute atomic E-state index is 0.0124. The number of hydrogen-bond donors (Lipinski definition) is 1. The molecule has 0 bridgehead atoms. The molecule has 0 saturated heterocycles. The van der Waals surface area contributed by atoms with Crippen molar-refractivity contribution in [3.63, 3.8) is 0 Å². The van der Waals surface area contributed by atoms with E-state index in [0.717, 1.165) is 9.87 Å². The molecule has 0 fully saturated rings. The van der Waals surface area contributed by atoms with Gasteiger partial charge in [-0.2, -0.15) is 0 Å². The lowest BCUT2D eigenvalue weighted by molar-refractivity contribution is -0.140. The zero-order valence-corrected chi connectivity index (χ0v) is 27.5. The fourth-order valence-corrected chi connectivity index (χ4v) is 6.51. The second kappa shape index (κ2) is 15.3. The number of halogens is 2. The number of amides is 2. The van der Waals surface area contributed by atoms with Gasteiger partial charge in [-0.15, -0.1) is 0 Å². The van der Waals surface area contributed by atoms with Crippen LogP contribution in [-0.4, -0.2) is 50.9 Å². The van der Waals surface area contributed by atoms with Gasteiger partial charge in [0.15, 0.2) is 0 Å². The van der Waals surface area contributed by atoms with Crippen molar-refractivity contribution in [3.05, 3.63) is 124 Å². The number of carbonyl (C=O) groups is 2. The molecule has 8 nitrogen and oxygen atoms in total. The van der Waals surface area contributed by atoms with Gasteiger partial charge < -0.3 is 15.0 Å². The van der Waals surface area contributed by atoms with E-state index in [1.54, 1.807) is 43.5 Å². The number of sulfonamides is 1. The number of rotatable bonds is 13. The largest absolute Gasteiger partial charge is 0.497 e. The predicted molar refractivity (Wildman–Crippen MR) is 178 cm³/mol. The van der Waals surface area contributed by atoms with E-state index >= 15 is 0 Å². The molecular formula is C34H35Cl2N3O5S. The summed E-state index contributed by atoms with van der Waals surface area (Å²) in [5, 5.41) is 3.30. The van der Waals surface area contributed by atoms with Crippen LogP contribution in [0, 0.1) is 0 Å². The van der Waals surface area contributed by atoms with E-state index in [2.05, 4.69) is 5.32 Å². The highest BCUT2D eigenvalue weighted by Gasteiger charge is 2.35. The smallest absolute Gasteiger partial charge is 0.264 e. The highest BCUT2D eigenvalue weighted by Crippen LogP contribution is 2.31. The number of nitrogens with zero attached hydrogens (tertiary/aromatic N) is 2. The van der Waals surface area contributed by atoms with Crippen LogP contribution in [-0.2, 0) is 32.6 Å². The Hall–Kier alpha value is -4.05. The summed E-state index contributed by atoms with van der Waals surface area (Å²) in [5.74, 6) is -0.379. The lowest BCUT2D eigenvalue weighted by Crippen LogP contribution is -2.54. The molecule has 0 aromatic heterocycles. The number of ether oxygens (including phenoxy) is 1. The third kappa shape index (κ3) is 8.78. The molecule has 0 spiro atoms. The van der Waals surface area contributed by atoms with E-state index in [1.165, 1.54) is 35.2 Å². The summed E-state index contributed by atoms with van der Waals surface area (Å²) in [7, 11) is -2.71. The number of hydrogen-bond acceptors (Lipinski definition) is 5. The summed E-state index contributed by atoms with van der Waals surface area (Å²) >= 11 is 12.5. The van der Waals surface area contributed by atoms with Gasteiger partial charge >= 0.3 is 0 Å². The van der Waals surface area contributed by atoms with Crippen molar-refractivity contribution in [1.29, 1.82) is 0 Å². The van der Waals surface area contributed by atoms with Crippen molar-refractivity contribution >= 4 is 50.7 Å². The molecule has 0 saturated carbocycles. The first-order chi connectivity index (χ1) is 21.5. The van der Waals surface area contributed by atoms with Gasteiger partial charge in [0.05, 0.1) is 27.7 Å². The minimum Gasteiger partial charge on any atom is -0.497 e. The first kappa shape index (κ1) is 33.8. The standard InChI is InChI=1S/C34H35Cl2N3O5S/c1-24(2)37-34(41)32(20-25-11-6-4-7-12-25)38(22-26-13-10-14-28(19-26)44-3)33(40)23-39(27-17-18-30(35)31(36)21-27)45(42,43)29-15-8-5-9-16-29/h4-19,21,24,32H,20,22-23H2,1-3H3,(H,37,41)/t32-/m0/s1. The normalized spacial score (nSPS) is 12.0. The monoisotopic (exact) mass is 667 g/mol. The third-order valence-corrected chi connectivity index (χ3v) is 9.52. The number of benzene rings is 4. The van der Waals surface area contributed by atoms with Crippen LogP contribution in [0.5, 0.6) is 5.75 Å². The van der Waals surface area contributed by atoms with Crippen LogP contribution in [0.25, 0.3) is 0 Å². The molecule has 0 aliphatic rings. The number of carbonyl (C=O) groups excluding carboxylic acids is 2. The number of methoxy groups -OCH3 is 1. The van der Waals surface area contributed by atoms with Crippen LogP contribution in [0.2, 0.25) is 10.0 Å². The molecule has 1 N–H and O–H groups in total. The average molecular weight is 669 g/mol. The topological polar surface area (TPSA) is 96.0 Å². The van der Waals surface area contributed by atoms with Gasteiger partial charge in [-0.25, -0.2) is 8.42 Å². The molecule has 11 heteroatoms. The zero-order valence-electron chi connectivity index (χ0n) is 25.2. The SMILES string of the molecule is COc1cccc(CN(C(=O)CN(c2ccc(Cl)c(Cl)c2)S(=O)(=O)c2ccccc2)[C@@H](Cc2ccccc2)C(=O)NC(C)C)c1. The van der Waals surface area contributed by atoms with Gasteiger partial charge in [0.25, 0.3) is 10.0 Å². The summed E-state index contributed by atoms with van der Waals surface area (Å²) < 4.78 is 34.5. The summed E-state index contributed by atoms with van der Waals surface area (Å²) in [6.07, 6.45) is 0.202. The highest BCUT2D eigenvalue weighted by atomic mass is 35.5. The molecule has 236 valence electrons. The fourth-order valence-electron chi connectivity index (χ4n) is 4.79. The highest BCUT2D eigenvalue weighted by molar-refractivity contribution is 7.92. The zero-order chi connectivity index (χ0) is 32.6. The van der Waals surface area contributed by atoms with Crippen molar-refractivity contribution in [2.75, 3.05) is 18.0 Å². The van der Waals surface area contributed by atoms with Gasteiger partial charge in [-0.3, -0.25) is 13.9 Å². The molecule has 1 atom stereocenters. The Morgan fingerprint density at radius 3 is 2.09 bits per heavy atom. The molecule has 0 unspecified atom stereocenters. The van der Waals surface area contributed by atoms with Crippen molar-refractivity contribution in [1.82, 2.24) is 10.2 Å². The van der Waals surface area contributed by atoms with E-state index in [-0.39, 0.29) is 45.5 Å². The molecule has 4 rings (SSSR count). The molecule has 4 aromatic carbocycles. The van der Waals surface area contributed by atoms with Gasteiger partial charge in [0.2, 0.25) is 11.8 Å². The van der Waals surface area contributed by atoms with Gasteiger partial charge in [0.1, 0.15) is 18.3 Å². The molecule has 0 aliphatic carbocycles. The molecule has 4 aromatic rings. The van der Waals surface area contributed by atoms with Crippen molar-refractivity contribution in [2.24, 2.45) is 0 Å². The Morgan fingerprint density at radius 1 is 0.822 bits per heavy atom. The van der Waals surface area contributed by atoms with Crippen molar-refractivity contribution in [2.45, 2.75) is 43.8 Å². The van der Waals surface area contributed by atoms with E-state index < -0.39 is 28.5 Å². The maximum atomic E-state index is 14.5. The van der Waals surface area contributed by atoms with Gasteiger partial charge in [-0.1, -0.05) is 83.9 Å². The van der Waals surface area contributed by atoms with Crippen molar-refractivity contribution in [3.8, 4) is 5.75 Å². The Morgan fingerprint density at radius 2 is 1.47 bits per heavy atom. The van der Waals surface area contributed by atoms with Crippen LogP contribution in [0.1, 0.15) is 25.0 Å². The number of nitrogens with one attached hydrogen (secondary N) is 1. The predicted octanol–water partition coefficient (Wildman–Crippen LogP) is 6.36. The summed E-state index contributed by atoms with van der Waals surface area (Å²) in [6, 6.07) is 27.5. The second-order valence-electron chi connectivity index (χ2n) is 10.7. The van der Waals surface area contributed by atoms with Gasteiger partial charge in [0, 0.05) is 19.0 Å². The Bertz CT molecular complexity index is 1720. The quantitative estimate of drug-likeness (QED) is 0.179. The van der Waals surface area contributed by atoms with E-state index in [9.17, 15) is 18.0 Å². The van der Waals surface area contributed by atoms with E-state index in [1.807, 2.05) is 50.2 Å². The Kier molecular flexibility index (Phi) is 11.5. The van der Waals surface area contributed by atoms with Crippen LogP contribution in [0.15, 0.2) is 108 Å². The summed E-state index contributed by atoms with van der Waals surface area (Å²) in [4.78, 5) is 29.7. The maximum absolute atomic E-state index is 14.5. The Labute approximate surface area is 274 Å². The van der Waals surface area contributed by atoms with Gasteiger partial charge in [-0.05, 0) is 67.4 Å². The maximum Gasteiger partial charge on any atom is 0.264 e. The second-order valence-corrected chi connectivity index (χ2v) is 13.3. The molecule has 0 heterocycles. The molecular weight excluding hydrogens is 633 g/mol. The van der Waals surface area contributed by atoms with Crippen LogP contribution < -0.4 is 14.4 Å². The molecule has 2 amide bonds. The summed E-state index contributed by atoms with van der Waals surface area (Å²) in [5.41, 5.74) is 1.68. The fraction of sp³-hybridized carbons (Fsp3) is 0.235. The first-order valence-corrected chi connectivity index (χ1v) is 16.5. The van der Waals surface area contributed by atoms with E-state index in [4.69, 9.17) is 27.9 Å².